The van der Waals surface area contributed by atoms with Gasteiger partial charge in [0.2, 0.25) is 5.75 Å². The summed E-state index contributed by atoms with van der Waals surface area (Å²) in [7, 11) is 4.52. The monoisotopic (exact) mass is 385 g/mol. The number of benzene rings is 2. The van der Waals surface area contributed by atoms with Gasteiger partial charge in [0.15, 0.2) is 18.1 Å². The smallest absolute Gasteiger partial charge is 0.331 e. The van der Waals surface area contributed by atoms with Gasteiger partial charge in [0.25, 0.3) is 5.91 Å². The molecule has 0 aromatic heterocycles. The lowest BCUT2D eigenvalue weighted by Crippen LogP contribution is -2.20. The van der Waals surface area contributed by atoms with Crippen molar-refractivity contribution in [3.8, 4) is 17.2 Å². The molecule has 0 unspecified atom stereocenters. The maximum absolute atomic E-state index is 11.9. The van der Waals surface area contributed by atoms with Crippen molar-refractivity contribution in [3.63, 3.8) is 0 Å². The second kappa shape index (κ2) is 10.0. The van der Waals surface area contributed by atoms with E-state index >= 15 is 0 Å². The van der Waals surface area contributed by atoms with E-state index in [-0.39, 0.29) is 6.61 Å². The van der Waals surface area contributed by atoms with Crippen LogP contribution < -0.4 is 19.5 Å². The largest absolute Gasteiger partial charge is 0.493 e. The van der Waals surface area contributed by atoms with Gasteiger partial charge in [0.05, 0.1) is 21.3 Å². The number of anilines is 1. The average Bonchev–Trinajstić information content (AvgIpc) is 2.69. The fraction of sp³-hybridized carbons (Fsp3) is 0.238. The van der Waals surface area contributed by atoms with Gasteiger partial charge in [-0.3, -0.25) is 4.79 Å². The van der Waals surface area contributed by atoms with E-state index in [2.05, 4.69) is 5.32 Å². The predicted octanol–water partition coefficient (Wildman–Crippen LogP) is 3.22. The Morgan fingerprint density at radius 2 is 1.68 bits per heavy atom. The van der Waals surface area contributed by atoms with Crippen molar-refractivity contribution in [3.05, 3.63) is 53.6 Å². The van der Waals surface area contributed by atoms with E-state index in [9.17, 15) is 9.59 Å². The van der Waals surface area contributed by atoms with Crippen molar-refractivity contribution in [1.82, 2.24) is 0 Å². The first-order valence-electron chi connectivity index (χ1n) is 8.48. The third kappa shape index (κ3) is 5.77. The van der Waals surface area contributed by atoms with Crippen LogP contribution in [0.4, 0.5) is 5.69 Å². The Hall–Kier alpha value is -3.48. The Kier molecular flexibility index (Phi) is 7.45. The SMILES string of the molecule is COc1cc(/C=C/C(=O)OCC(=O)Nc2cccc(C)c2)cc(OC)c1OC. The summed E-state index contributed by atoms with van der Waals surface area (Å²) in [5.74, 6) is 0.325. The van der Waals surface area contributed by atoms with Gasteiger partial charge < -0.3 is 24.3 Å². The highest BCUT2D eigenvalue weighted by molar-refractivity contribution is 5.94. The van der Waals surface area contributed by atoms with Crippen LogP contribution in [0.15, 0.2) is 42.5 Å². The topological polar surface area (TPSA) is 83.1 Å². The number of ether oxygens (including phenoxy) is 4. The molecule has 1 amide bonds. The summed E-state index contributed by atoms with van der Waals surface area (Å²) < 4.78 is 20.7. The number of hydrogen-bond acceptors (Lipinski definition) is 6. The molecule has 148 valence electrons. The van der Waals surface area contributed by atoms with Crippen LogP contribution in [0.3, 0.4) is 0 Å². The molecule has 7 nitrogen and oxygen atoms in total. The number of hydrogen-bond donors (Lipinski definition) is 1. The van der Waals surface area contributed by atoms with Crippen molar-refractivity contribution < 1.29 is 28.5 Å². The van der Waals surface area contributed by atoms with E-state index < -0.39 is 11.9 Å². The summed E-state index contributed by atoms with van der Waals surface area (Å²) in [5.41, 5.74) is 2.31. The van der Waals surface area contributed by atoms with E-state index in [1.807, 2.05) is 25.1 Å². The van der Waals surface area contributed by atoms with Crippen molar-refractivity contribution >= 4 is 23.6 Å². The maximum atomic E-state index is 11.9. The number of esters is 1. The van der Waals surface area contributed by atoms with Crippen molar-refractivity contribution in [2.75, 3.05) is 33.3 Å². The first-order chi connectivity index (χ1) is 13.5. The van der Waals surface area contributed by atoms with Crippen molar-refractivity contribution in [2.24, 2.45) is 0 Å². The van der Waals surface area contributed by atoms with Gasteiger partial charge in [-0.05, 0) is 48.4 Å². The molecule has 0 radical (unpaired) electrons. The Bertz CT molecular complexity index is 850. The molecule has 0 saturated carbocycles. The number of amides is 1. The van der Waals surface area contributed by atoms with Crippen molar-refractivity contribution in [1.29, 1.82) is 0 Å². The number of carbonyl (C=O) groups excluding carboxylic acids is 2. The van der Waals surface area contributed by atoms with Gasteiger partial charge >= 0.3 is 5.97 Å². The first-order valence-corrected chi connectivity index (χ1v) is 8.48. The molecule has 0 atom stereocenters. The zero-order valence-electron chi connectivity index (χ0n) is 16.3. The van der Waals surface area contributed by atoms with Gasteiger partial charge in [-0.1, -0.05) is 12.1 Å². The molecule has 1 N–H and O–H groups in total. The second-order valence-electron chi connectivity index (χ2n) is 5.82. The molecule has 2 aromatic rings. The lowest BCUT2D eigenvalue weighted by molar-refractivity contribution is -0.142. The summed E-state index contributed by atoms with van der Waals surface area (Å²) in [4.78, 5) is 23.8. The van der Waals surface area contributed by atoms with E-state index in [1.165, 1.54) is 33.5 Å². The number of methoxy groups -OCH3 is 3. The number of aryl methyl sites for hydroxylation is 1. The third-order valence-electron chi connectivity index (χ3n) is 3.75. The normalized spacial score (nSPS) is 10.4. The van der Waals surface area contributed by atoms with Gasteiger partial charge in [-0.2, -0.15) is 0 Å². The van der Waals surface area contributed by atoms with Crippen LogP contribution in [0.1, 0.15) is 11.1 Å². The van der Waals surface area contributed by atoms with Crippen LogP contribution in [0, 0.1) is 6.92 Å². The summed E-state index contributed by atoms with van der Waals surface area (Å²) in [6.07, 6.45) is 2.76. The van der Waals surface area contributed by atoms with Gasteiger partial charge in [0, 0.05) is 11.8 Å². The molecular formula is C21H23NO6. The standard InChI is InChI=1S/C21H23NO6/c1-14-6-5-7-16(10-14)22-19(23)13-28-20(24)9-8-15-11-17(25-2)21(27-4)18(12-15)26-3/h5-12H,13H2,1-4H3,(H,22,23)/b9-8+. The summed E-state index contributed by atoms with van der Waals surface area (Å²) in [5, 5.41) is 2.67. The average molecular weight is 385 g/mol. The quantitative estimate of drug-likeness (QED) is 0.555. The molecule has 2 rings (SSSR count). The number of rotatable bonds is 8. The second-order valence-corrected chi connectivity index (χ2v) is 5.82. The molecule has 2 aromatic carbocycles. The fourth-order valence-electron chi connectivity index (χ4n) is 2.47. The minimum atomic E-state index is -0.645. The molecule has 0 aliphatic heterocycles. The zero-order valence-corrected chi connectivity index (χ0v) is 16.3. The van der Waals surface area contributed by atoms with Crippen LogP contribution in [0.25, 0.3) is 6.08 Å². The molecule has 0 aliphatic carbocycles. The molecule has 0 saturated heterocycles. The molecule has 0 spiro atoms. The van der Waals surface area contributed by atoms with Crippen LogP contribution >= 0.6 is 0 Å². The maximum Gasteiger partial charge on any atom is 0.331 e. The predicted molar refractivity (Wildman–Crippen MR) is 106 cm³/mol. The lowest BCUT2D eigenvalue weighted by atomic mass is 10.1. The minimum absolute atomic E-state index is 0.383. The highest BCUT2D eigenvalue weighted by Crippen LogP contribution is 2.38. The van der Waals surface area contributed by atoms with Crippen LogP contribution in [0.2, 0.25) is 0 Å². The Morgan fingerprint density at radius 1 is 1.00 bits per heavy atom. The molecule has 0 bridgehead atoms. The highest BCUT2D eigenvalue weighted by atomic mass is 16.5. The number of carbonyl (C=O) groups is 2. The molecule has 28 heavy (non-hydrogen) atoms. The van der Waals surface area contributed by atoms with Gasteiger partial charge in [-0.15, -0.1) is 0 Å². The van der Waals surface area contributed by atoms with Crippen LogP contribution in [-0.2, 0) is 14.3 Å². The minimum Gasteiger partial charge on any atom is -0.493 e. The molecule has 0 aliphatic rings. The van der Waals surface area contributed by atoms with E-state index in [0.29, 0.717) is 28.5 Å². The zero-order chi connectivity index (χ0) is 20.5. The molecular weight excluding hydrogens is 362 g/mol. The van der Waals surface area contributed by atoms with E-state index in [4.69, 9.17) is 18.9 Å². The van der Waals surface area contributed by atoms with Crippen LogP contribution in [-0.4, -0.2) is 39.8 Å². The Morgan fingerprint density at radius 3 is 2.25 bits per heavy atom. The number of nitrogens with one attached hydrogen (secondary N) is 1. The lowest BCUT2D eigenvalue weighted by Gasteiger charge is -2.12. The molecule has 0 fully saturated rings. The molecule has 7 heteroatoms. The fourth-order valence-corrected chi connectivity index (χ4v) is 2.47. The highest BCUT2D eigenvalue weighted by Gasteiger charge is 2.12. The van der Waals surface area contributed by atoms with Gasteiger partial charge in [-0.25, -0.2) is 4.79 Å². The van der Waals surface area contributed by atoms with E-state index in [0.717, 1.165) is 5.56 Å². The van der Waals surface area contributed by atoms with Crippen LogP contribution in [0.5, 0.6) is 17.2 Å². The van der Waals surface area contributed by atoms with Crippen molar-refractivity contribution in [2.45, 2.75) is 6.92 Å². The van der Waals surface area contributed by atoms with E-state index in [1.54, 1.807) is 18.2 Å². The Balaban J connectivity index is 1.95. The van der Waals surface area contributed by atoms with Gasteiger partial charge in [0.1, 0.15) is 0 Å². The molecule has 0 heterocycles. The third-order valence-corrected chi connectivity index (χ3v) is 3.75. The summed E-state index contributed by atoms with van der Waals surface area (Å²) in [6, 6.07) is 10.7. The summed E-state index contributed by atoms with van der Waals surface area (Å²) in [6.45, 7) is 1.54. The Labute approximate surface area is 163 Å². The first kappa shape index (κ1) is 20.8. The summed E-state index contributed by atoms with van der Waals surface area (Å²) >= 11 is 0.